The van der Waals surface area contributed by atoms with E-state index >= 15 is 0 Å². The molecule has 1 atom stereocenters. The van der Waals surface area contributed by atoms with Crippen LogP contribution in [0, 0.1) is 5.92 Å². The van der Waals surface area contributed by atoms with Crippen molar-refractivity contribution in [2.75, 3.05) is 13.1 Å². The lowest BCUT2D eigenvalue weighted by Gasteiger charge is -2.23. The van der Waals surface area contributed by atoms with Crippen LogP contribution < -0.4 is 10.9 Å². The van der Waals surface area contributed by atoms with Crippen LogP contribution in [0.15, 0.2) is 23.0 Å². The monoisotopic (exact) mass is 370 g/mol. The van der Waals surface area contributed by atoms with Crippen LogP contribution in [0.25, 0.3) is 10.9 Å². The zero-order valence-corrected chi connectivity index (χ0v) is 17.0. The van der Waals surface area contributed by atoms with Gasteiger partial charge in [0.2, 0.25) is 0 Å². The molecule has 2 heterocycles. The Morgan fingerprint density at radius 2 is 1.85 bits per heavy atom. The molecule has 0 aliphatic carbocycles. The molecule has 0 bridgehead atoms. The molecule has 1 N–H and O–H groups in total. The standard InChI is InChI=1S/C21H30N4O2/c1-13(2)15(5)22-20(26)16-6-7-17-18(12-16)23-19-8-9-24(14(3)4)10-11-25(19)21(17)27/h6-7,12-15H,8-11H2,1-5H3,(H,22,26). The lowest BCUT2D eigenvalue weighted by Crippen LogP contribution is -2.36. The Bertz CT molecular complexity index is 901. The fraction of sp³-hybridized carbons (Fsp3) is 0.571. The van der Waals surface area contributed by atoms with Gasteiger partial charge in [-0.15, -0.1) is 0 Å². The van der Waals surface area contributed by atoms with Crippen molar-refractivity contribution in [3.8, 4) is 0 Å². The maximum absolute atomic E-state index is 13.0. The molecular formula is C21H30N4O2. The van der Waals surface area contributed by atoms with Gasteiger partial charge in [-0.1, -0.05) is 13.8 Å². The Labute approximate surface area is 160 Å². The predicted octanol–water partition coefficient (Wildman–Crippen LogP) is 2.44. The summed E-state index contributed by atoms with van der Waals surface area (Å²) >= 11 is 0. The molecule has 1 aromatic carbocycles. The summed E-state index contributed by atoms with van der Waals surface area (Å²) in [4.78, 5) is 32.6. The topological polar surface area (TPSA) is 67.2 Å². The van der Waals surface area contributed by atoms with Crippen molar-refractivity contribution < 1.29 is 4.79 Å². The molecule has 1 aliphatic heterocycles. The second-order valence-corrected chi connectivity index (χ2v) is 8.10. The summed E-state index contributed by atoms with van der Waals surface area (Å²) in [6.07, 6.45) is 0.740. The summed E-state index contributed by atoms with van der Waals surface area (Å²) in [5, 5.41) is 3.58. The van der Waals surface area contributed by atoms with Crippen molar-refractivity contribution >= 4 is 16.8 Å². The van der Waals surface area contributed by atoms with Crippen LogP contribution in [-0.4, -0.2) is 45.5 Å². The molecule has 3 rings (SSSR count). The molecule has 0 saturated heterocycles. The molecule has 146 valence electrons. The molecule has 1 amide bonds. The number of fused-ring (bicyclic) bond motifs is 2. The van der Waals surface area contributed by atoms with Crippen molar-refractivity contribution in [3.63, 3.8) is 0 Å². The SMILES string of the molecule is CC(C)C(C)NC(=O)c1ccc2c(=O)n3c(nc2c1)CCN(C(C)C)CC3. The Morgan fingerprint density at radius 3 is 2.52 bits per heavy atom. The highest BCUT2D eigenvalue weighted by Crippen LogP contribution is 2.15. The molecule has 27 heavy (non-hydrogen) atoms. The molecule has 0 saturated carbocycles. The van der Waals surface area contributed by atoms with Crippen LogP contribution in [0.2, 0.25) is 0 Å². The third-order valence-electron chi connectivity index (χ3n) is 5.62. The maximum atomic E-state index is 13.0. The van der Waals surface area contributed by atoms with Gasteiger partial charge in [0.15, 0.2) is 0 Å². The molecule has 1 aliphatic rings. The van der Waals surface area contributed by atoms with Gasteiger partial charge in [0, 0.05) is 43.7 Å². The van der Waals surface area contributed by atoms with E-state index in [-0.39, 0.29) is 17.5 Å². The number of rotatable bonds is 4. The zero-order chi connectivity index (χ0) is 19.7. The fourth-order valence-electron chi connectivity index (χ4n) is 3.39. The molecule has 0 spiro atoms. The van der Waals surface area contributed by atoms with Gasteiger partial charge in [-0.3, -0.25) is 19.1 Å². The number of nitrogens with one attached hydrogen (secondary N) is 1. The second kappa shape index (κ2) is 7.80. The smallest absolute Gasteiger partial charge is 0.261 e. The highest BCUT2D eigenvalue weighted by Gasteiger charge is 2.20. The van der Waals surface area contributed by atoms with E-state index in [1.54, 1.807) is 22.8 Å². The number of hydrogen-bond acceptors (Lipinski definition) is 4. The van der Waals surface area contributed by atoms with Gasteiger partial charge < -0.3 is 5.32 Å². The highest BCUT2D eigenvalue weighted by atomic mass is 16.1. The minimum atomic E-state index is -0.124. The van der Waals surface area contributed by atoms with Crippen molar-refractivity contribution in [1.82, 2.24) is 19.8 Å². The van der Waals surface area contributed by atoms with E-state index in [1.807, 2.05) is 6.92 Å². The van der Waals surface area contributed by atoms with Gasteiger partial charge in [-0.2, -0.15) is 0 Å². The molecule has 0 fully saturated rings. The van der Waals surface area contributed by atoms with E-state index in [2.05, 4.69) is 37.9 Å². The predicted molar refractivity (Wildman–Crippen MR) is 108 cm³/mol. The first-order chi connectivity index (χ1) is 12.8. The Morgan fingerprint density at radius 1 is 1.11 bits per heavy atom. The van der Waals surface area contributed by atoms with Crippen LogP contribution in [0.1, 0.15) is 50.8 Å². The molecule has 1 aromatic heterocycles. The van der Waals surface area contributed by atoms with Gasteiger partial charge >= 0.3 is 0 Å². The Kier molecular flexibility index (Phi) is 5.65. The number of hydrogen-bond donors (Lipinski definition) is 1. The minimum Gasteiger partial charge on any atom is -0.349 e. The molecule has 2 aromatic rings. The van der Waals surface area contributed by atoms with E-state index in [0.717, 1.165) is 25.3 Å². The summed E-state index contributed by atoms with van der Waals surface area (Å²) in [5.74, 6) is 1.04. The number of carbonyl (C=O) groups excluding carboxylic acids is 1. The first-order valence-corrected chi connectivity index (χ1v) is 9.86. The maximum Gasteiger partial charge on any atom is 0.261 e. The van der Waals surface area contributed by atoms with Gasteiger partial charge in [0.05, 0.1) is 10.9 Å². The highest BCUT2D eigenvalue weighted by molar-refractivity contribution is 5.97. The van der Waals surface area contributed by atoms with Crippen LogP contribution in [0.3, 0.4) is 0 Å². The Balaban J connectivity index is 1.95. The average molecular weight is 370 g/mol. The largest absolute Gasteiger partial charge is 0.349 e. The van der Waals surface area contributed by atoms with Crippen molar-refractivity contribution in [2.45, 2.75) is 59.7 Å². The van der Waals surface area contributed by atoms with E-state index in [9.17, 15) is 9.59 Å². The summed E-state index contributed by atoms with van der Waals surface area (Å²) in [5.41, 5.74) is 1.14. The number of nitrogens with zero attached hydrogens (tertiary/aromatic N) is 3. The molecular weight excluding hydrogens is 340 g/mol. The van der Waals surface area contributed by atoms with Crippen LogP contribution in [0.4, 0.5) is 0 Å². The first kappa shape index (κ1) is 19.5. The zero-order valence-electron chi connectivity index (χ0n) is 17.0. The summed E-state index contributed by atoms with van der Waals surface area (Å²) in [6, 6.07) is 5.73. The minimum absolute atomic E-state index is 0.0110. The lowest BCUT2D eigenvalue weighted by molar-refractivity contribution is 0.0930. The van der Waals surface area contributed by atoms with E-state index in [4.69, 9.17) is 4.98 Å². The lowest BCUT2D eigenvalue weighted by atomic mass is 10.1. The normalized spacial score (nSPS) is 16.4. The van der Waals surface area contributed by atoms with Gasteiger partial charge in [0.25, 0.3) is 11.5 Å². The first-order valence-electron chi connectivity index (χ1n) is 9.86. The molecule has 1 unspecified atom stereocenters. The van der Waals surface area contributed by atoms with Crippen molar-refractivity contribution in [2.24, 2.45) is 5.92 Å². The average Bonchev–Trinajstić information content (AvgIpc) is 2.84. The summed E-state index contributed by atoms with van der Waals surface area (Å²) in [6.45, 7) is 12.9. The van der Waals surface area contributed by atoms with Gasteiger partial charge in [0.1, 0.15) is 5.82 Å². The summed E-state index contributed by atoms with van der Waals surface area (Å²) < 4.78 is 1.80. The van der Waals surface area contributed by atoms with Crippen LogP contribution >= 0.6 is 0 Å². The number of amides is 1. The fourth-order valence-corrected chi connectivity index (χ4v) is 3.39. The van der Waals surface area contributed by atoms with E-state index < -0.39 is 0 Å². The molecule has 6 heteroatoms. The molecule has 6 nitrogen and oxygen atoms in total. The van der Waals surface area contributed by atoms with Crippen molar-refractivity contribution in [1.29, 1.82) is 0 Å². The second-order valence-electron chi connectivity index (χ2n) is 8.10. The van der Waals surface area contributed by atoms with Crippen LogP contribution in [-0.2, 0) is 13.0 Å². The number of benzene rings is 1. The third-order valence-corrected chi connectivity index (χ3v) is 5.62. The van der Waals surface area contributed by atoms with Crippen molar-refractivity contribution in [3.05, 3.63) is 39.9 Å². The van der Waals surface area contributed by atoms with Gasteiger partial charge in [-0.05, 0) is 44.9 Å². The Hall–Kier alpha value is -2.21. The number of aromatic nitrogens is 2. The van der Waals surface area contributed by atoms with E-state index in [0.29, 0.717) is 35.0 Å². The summed E-state index contributed by atoms with van der Waals surface area (Å²) in [7, 11) is 0. The van der Waals surface area contributed by atoms with E-state index in [1.165, 1.54) is 0 Å². The van der Waals surface area contributed by atoms with Gasteiger partial charge in [-0.25, -0.2) is 4.98 Å². The third kappa shape index (κ3) is 4.05. The number of carbonyl (C=O) groups is 1. The quantitative estimate of drug-likeness (QED) is 0.898. The van der Waals surface area contributed by atoms with Crippen LogP contribution in [0.5, 0.6) is 0 Å². The molecule has 0 radical (unpaired) electrons.